The summed E-state index contributed by atoms with van der Waals surface area (Å²) < 4.78 is 5.40. The van der Waals surface area contributed by atoms with Crippen LogP contribution < -0.4 is 4.74 Å². The van der Waals surface area contributed by atoms with Crippen LogP contribution in [0.25, 0.3) is 0 Å². The highest BCUT2D eigenvalue weighted by Gasteiger charge is 2.15. The van der Waals surface area contributed by atoms with E-state index >= 15 is 0 Å². The summed E-state index contributed by atoms with van der Waals surface area (Å²) in [6.07, 6.45) is 0. The topological polar surface area (TPSA) is 26.3 Å². The van der Waals surface area contributed by atoms with E-state index in [1.54, 1.807) is 7.11 Å². The number of benzene rings is 2. The van der Waals surface area contributed by atoms with Crippen LogP contribution in [0.1, 0.15) is 21.5 Å². The van der Waals surface area contributed by atoms with Crippen LogP contribution in [0.15, 0.2) is 41.3 Å². The maximum atomic E-state index is 12.4. The first-order valence-electron chi connectivity index (χ1n) is 6.58. The second-order valence-electron chi connectivity index (χ2n) is 4.76. The summed E-state index contributed by atoms with van der Waals surface area (Å²) >= 11 is 7.42. The van der Waals surface area contributed by atoms with E-state index in [1.807, 2.05) is 50.2 Å². The Kier molecular flexibility index (Phi) is 5.32. The molecular formula is C17H17ClO2S. The minimum absolute atomic E-state index is 0.0555. The molecule has 0 aromatic heterocycles. The SMILES string of the molecule is COc1c(C(=O)CSc2cccc(Cl)c2)ccc(C)c1C. The number of ether oxygens (including phenoxy) is 1. The van der Waals surface area contributed by atoms with E-state index in [0.29, 0.717) is 22.1 Å². The van der Waals surface area contributed by atoms with Gasteiger partial charge in [-0.1, -0.05) is 23.7 Å². The highest BCUT2D eigenvalue weighted by molar-refractivity contribution is 8.00. The summed E-state index contributed by atoms with van der Waals surface area (Å²) in [6, 6.07) is 11.3. The van der Waals surface area contributed by atoms with Gasteiger partial charge in [-0.3, -0.25) is 4.79 Å². The fraction of sp³-hybridized carbons (Fsp3) is 0.235. The van der Waals surface area contributed by atoms with E-state index in [4.69, 9.17) is 16.3 Å². The molecule has 0 aliphatic carbocycles. The fourth-order valence-electron chi connectivity index (χ4n) is 2.06. The molecule has 0 aliphatic heterocycles. The van der Waals surface area contributed by atoms with Crippen LogP contribution in [0.3, 0.4) is 0 Å². The molecule has 0 spiro atoms. The zero-order valence-electron chi connectivity index (χ0n) is 12.3. The molecule has 0 bridgehead atoms. The van der Waals surface area contributed by atoms with Crippen molar-refractivity contribution in [3.8, 4) is 5.75 Å². The van der Waals surface area contributed by atoms with E-state index in [1.165, 1.54) is 11.8 Å². The molecule has 2 nitrogen and oxygen atoms in total. The van der Waals surface area contributed by atoms with Gasteiger partial charge in [0, 0.05) is 9.92 Å². The smallest absolute Gasteiger partial charge is 0.176 e. The number of aryl methyl sites for hydroxylation is 1. The Morgan fingerprint density at radius 3 is 2.67 bits per heavy atom. The van der Waals surface area contributed by atoms with Gasteiger partial charge >= 0.3 is 0 Å². The molecule has 4 heteroatoms. The number of carbonyl (C=O) groups is 1. The van der Waals surface area contributed by atoms with E-state index < -0.39 is 0 Å². The molecule has 0 heterocycles. The maximum Gasteiger partial charge on any atom is 0.176 e. The number of rotatable bonds is 5. The third kappa shape index (κ3) is 3.80. The summed E-state index contributed by atoms with van der Waals surface area (Å²) in [5.74, 6) is 1.09. The van der Waals surface area contributed by atoms with Crippen molar-refractivity contribution >= 4 is 29.1 Å². The lowest BCUT2D eigenvalue weighted by Gasteiger charge is -2.12. The van der Waals surface area contributed by atoms with Crippen LogP contribution >= 0.6 is 23.4 Å². The molecule has 0 saturated heterocycles. The van der Waals surface area contributed by atoms with Gasteiger partial charge < -0.3 is 4.74 Å². The van der Waals surface area contributed by atoms with E-state index in [9.17, 15) is 4.79 Å². The average molecular weight is 321 g/mol. The molecule has 21 heavy (non-hydrogen) atoms. The summed E-state index contributed by atoms with van der Waals surface area (Å²) in [7, 11) is 1.60. The Balaban J connectivity index is 2.16. The number of carbonyl (C=O) groups excluding carboxylic acids is 1. The Morgan fingerprint density at radius 1 is 1.24 bits per heavy atom. The second kappa shape index (κ2) is 7.01. The lowest BCUT2D eigenvalue weighted by Crippen LogP contribution is -2.06. The average Bonchev–Trinajstić information content (AvgIpc) is 2.47. The number of ketones is 1. The lowest BCUT2D eigenvalue weighted by molar-refractivity contribution is 0.101. The Bertz CT molecular complexity index is 668. The molecule has 0 atom stereocenters. The van der Waals surface area contributed by atoms with Crippen molar-refractivity contribution in [3.63, 3.8) is 0 Å². The standard InChI is InChI=1S/C17H17ClO2S/c1-11-7-8-15(17(20-3)12(11)2)16(19)10-21-14-6-4-5-13(18)9-14/h4-9H,10H2,1-3H3. The zero-order chi connectivity index (χ0) is 15.4. The van der Waals surface area contributed by atoms with Crippen LogP contribution in [0, 0.1) is 13.8 Å². The number of hydrogen-bond acceptors (Lipinski definition) is 3. The Hall–Kier alpha value is -1.45. The summed E-state index contributed by atoms with van der Waals surface area (Å²) in [4.78, 5) is 13.4. The molecule has 2 aromatic rings. The molecule has 0 amide bonds. The van der Waals surface area contributed by atoms with Crippen molar-refractivity contribution in [1.82, 2.24) is 0 Å². The van der Waals surface area contributed by atoms with Gasteiger partial charge in [0.15, 0.2) is 5.78 Å². The van der Waals surface area contributed by atoms with Crippen LogP contribution in [0.4, 0.5) is 0 Å². The summed E-state index contributed by atoms with van der Waals surface area (Å²) in [6.45, 7) is 3.97. The van der Waals surface area contributed by atoms with Crippen molar-refractivity contribution in [1.29, 1.82) is 0 Å². The molecule has 0 fully saturated rings. The maximum absolute atomic E-state index is 12.4. The third-order valence-corrected chi connectivity index (χ3v) is 4.58. The van der Waals surface area contributed by atoms with Gasteiger partial charge in [-0.15, -0.1) is 11.8 Å². The molecule has 0 unspecified atom stereocenters. The van der Waals surface area contributed by atoms with E-state index in [0.717, 1.165) is 16.0 Å². The second-order valence-corrected chi connectivity index (χ2v) is 6.24. The highest BCUT2D eigenvalue weighted by atomic mass is 35.5. The van der Waals surface area contributed by atoms with Crippen LogP contribution in [-0.4, -0.2) is 18.6 Å². The van der Waals surface area contributed by atoms with Gasteiger partial charge in [0.2, 0.25) is 0 Å². The molecule has 110 valence electrons. The molecule has 2 rings (SSSR count). The number of thioether (sulfide) groups is 1. The normalized spacial score (nSPS) is 10.5. The van der Waals surface area contributed by atoms with Crippen molar-refractivity contribution in [3.05, 3.63) is 58.1 Å². The van der Waals surface area contributed by atoms with E-state index in [-0.39, 0.29) is 5.78 Å². The molecule has 0 aliphatic rings. The number of halogens is 1. The quantitative estimate of drug-likeness (QED) is 0.576. The van der Waals surface area contributed by atoms with Crippen LogP contribution in [0.5, 0.6) is 5.75 Å². The molecular weight excluding hydrogens is 304 g/mol. The minimum atomic E-state index is 0.0555. The summed E-state index contributed by atoms with van der Waals surface area (Å²) in [5.41, 5.74) is 2.76. The van der Waals surface area contributed by atoms with Crippen LogP contribution in [0.2, 0.25) is 5.02 Å². The van der Waals surface area contributed by atoms with Gasteiger partial charge in [0.1, 0.15) is 5.75 Å². The van der Waals surface area contributed by atoms with Gasteiger partial charge in [0.05, 0.1) is 18.4 Å². The van der Waals surface area contributed by atoms with Crippen LogP contribution in [-0.2, 0) is 0 Å². The number of methoxy groups -OCH3 is 1. The molecule has 2 aromatic carbocycles. The molecule has 0 saturated carbocycles. The van der Waals surface area contributed by atoms with Crippen molar-refractivity contribution in [2.45, 2.75) is 18.7 Å². The number of Topliss-reactive ketones (excluding diaryl/α,β-unsaturated/α-hetero) is 1. The van der Waals surface area contributed by atoms with Gasteiger partial charge in [-0.2, -0.15) is 0 Å². The highest BCUT2D eigenvalue weighted by Crippen LogP contribution is 2.29. The van der Waals surface area contributed by atoms with Gasteiger partial charge in [0.25, 0.3) is 0 Å². The Labute approximate surface area is 134 Å². The molecule has 0 N–H and O–H groups in total. The van der Waals surface area contributed by atoms with Gasteiger partial charge in [-0.25, -0.2) is 0 Å². The zero-order valence-corrected chi connectivity index (χ0v) is 13.8. The largest absolute Gasteiger partial charge is 0.496 e. The van der Waals surface area contributed by atoms with Crippen molar-refractivity contribution in [2.75, 3.05) is 12.9 Å². The predicted octanol–water partition coefficient (Wildman–Crippen LogP) is 4.94. The molecule has 0 radical (unpaired) electrons. The minimum Gasteiger partial charge on any atom is -0.496 e. The monoisotopic (exact) mass is 320 g/mol. The Morgan fingerprint density at radius 2 is 2.00 bits per heavy atom. The van der Waals surface area contributed by atoms with E-state index in [2.05, 4.69) is 0 Å². The lowest BCUT2D eigenvalue weighted by atomic mass is 10.0. The third-order valence-electron chi connectivity index (χ3n) is 3.35. The first-order chi connectivity index (χ1) is 10.0. The summed E-state index contributed by atoms with van der Waals surface area (Å²) in [5, 5.41) is 0.677. The first kappa shape index (κ1) is 15.9. The van der Waals surface area contributed by atoms with Crippen molar-refractivity contribution < 1.29 is 9.53 Å². The first-order valence-corrected chi connectivity index (χ1v) is 7.95. The van der Waals surface area contributed by atoms with Crippen molar-refractivity contribution in [2.24, 2.45) is 0 Å². The van der Waals surface area contributed by atoms with Gasteiger partial charge in [-0.05, 0) is 49.2 Å². The predicted molar refractivity (Wildman–Crippen MR) is 89.0 cm³/mol. The fourth-order valence-corrected chi connectivity index (χ4v) is 3.15. The number of hydrogen-bond donors (Lipinski definition) is 0.